The average molecular weight is 275 g/mol. The highest BCUT2D eigenvalue weighted by atomic mass is 16.2. The van der Waals surface area contributed by atoms with Gasteiger partial charge in [0.05, 0.1) is 0 Å². The molecule has 7 heteroatoms. The number of nitrogens with zero attached hydrogens (tertiary/aromatic N) is 4. The average Bonchev–Trinajstić information content (AvgIpc) is 2.89. The second kappa shape index (κ2) is 5.07. The van der Waals surface area contributed by atoms with Crippen molar-refractivity contribution in [1.29, 1.82) is 0 Å². The van der Waals surface area contributed by atoms with E-state index >= 15 is 0 Å². The van der Waals surface area contributed by atoms with E-state index in [9.17, 15) is 9.59 Å². The lowest BCUT2D eigenvalue weighted by Crippen LogP contribution is -2.45. The van der Waals surface area contributed by atoms with Gasteiger partial charge in [0.25, 0.3) is 5.91 Å². The van der Waals surface area contributed by atoms with Crippen LogP contribution in [0.2, 0.25) is 0 Å². The third-order valence-corrected chi connectivity index (χ3v) is 3.74. The molecule has 0 unspecified atom stereocenters. The van der Waals surface area contributed by atoms with Gasteiger partial charge < -0.3 is 9.88 Å². The fourth-order valence-electron chi connectivity index (χ4n) is 2.59. The molecule has 1 aromatic heterocycles. The van der Waals surface area contributed by atoms with Crippen molar-refractivity contribution in [3.05, 3.63) is 18.2 Å². The molecule has 3 rings (SSSR count). The number of carbonyl (C=O) groups is 2. The van der Waals surface area contributed by atoms with Crippen molar-refractivity contribution in [1.82, 2.24) is 19.9 Å². The van der Waals surface area contributed by atoms with Crippen LogP contribution in [-0.2, 0) is 22.6 Å². The summed E-state index contributed by atoms with van der Waals surface area (Å²) in [5, 5.41) is 8.27. The van der Waals surface area contributed by atoms with Crippen molar-refractivity contribution in [2.75, 3.05) is 7.05 Å². The molecule has 2 aliphatic rings. The van der Waals surface area contributed by atoms with Gasteiger partial charge in [0.2, 0.25) is 5.91 Å². The molecule has 1 atom stereocenters. The van der Waals surface area contributed by atoms with Gasteiger partial charge in [-0.1, -0.05) is 0 Å². The van der Waals surface area contributed by atoms with Crippen LogP contribution < -0.4 is 5.32 Å². The first-order chi connectivity index (χ1) is 9.63. The van der Waals surface area contributed by atoms with Crippen LogP contribution >= 0.6 is 0 Å². The van der Waals surface area contributed by atoms with Crippen LogP contribution in [0.4, 0.5) is 0 Å². The van der Waals surface area contributed by atoms with Gasteiger partial charge in [-0.25, -0.2) is 9.99 Å². The van der Waals surface area contributed by atoms with Gasteiger partial charge in [-0.3, -0.25) is 9.59 Å². The summed E-state index contributed by atoms with van der Waals surface area (Å²) in [5.74, 6) is 0.844. The quantitative estimate of drug-likeness (QED) is 0.820. The molecule has 0 aromatic carbocycles. The number of nitrogens with one attached hydrogen (secondary N) is 1. The molecule has 2 aliphatic heterocycles. The van der Waals surface area contributed by atoms with Gasteiger partial charge in [-0.2, -0.15) is 5.10 Å². The Kier molecular flexibility index (Phi) is 3.25. The van der Waals surface area contributed by atoms with E-state index < -0.39 is 0 Å². The van der Waals surface area contributed by atoms with Crippen LogP contribution in [0.3, 0.4) is 0 Å². The Labute approximate surface area is 116 Å². The third kappa shape index (κ3) is 2.43. The monoisotopic (exact) mass is 275 g/mol. The summed E-state index contributed by atoms with van der Waals surface area (Å²) in [5.41, 5.74) is 0.434. The van der Waals surface area contributed by atoms with E-state index in [0.29, 0.717) is 18.6 Å². The van der Waals surface area contributed by atoms with Crippen molar-refractivity contribution in [3.8, 4) is 0 Å². The molecular weight excluding hydrogens is 258 g/mol. The summed E-state index contributed by atoms with van der Waals surface area (Å²) >= 11 is 0. The first kappa shape index (κ1) is 12.8. The normalized spacial score (nSPS) is 22.2. The standard InChI is InChI=1S/C13H17N5O2/c1-17-12(19)5-3-10(16-17)13(20)15-9-2-4-11-14-6-7-18(11)8-9/h6-7,9H,2-5,8H2,1H3,(H,15,20)/t9-/m1/s1. The van der Waals surface area contributed by atoms with Gasteiger partial charge in [0.15, 0.2) is 0 Å². The lowest BCUT2D eigenvalue weighted by atomic mass is 10.1. The van der Waals surface area contributed by atoms with E-state index in [-0.39, 0.29) is 17.9 Å². The Bertz CT molecular complexity index is 577. The van der Waals surface area contributed by atoms with Gasteiger partial charge in [0.1, 0.15) is 11.5 Å². The third-order valence-electron chi connectivity index (χ3n) is 3.74. The Morgan fingerprint density at radius 2 is 2.25 bits per heavy atom. The number of hydrogen-bond donors (Lipinski definition) is 1. The molecule has 2 amide bonds. The lowest BCUT2D eigenvalue weighted by Gasteiger charge is -2.26. The molecule has 0 saturated heterocycles. The maximum atomic E-state index is 12.2. The molecule has 1 aromatic rings. The van der Waals surface area contributed by atoms with E-state index in [4.69, 9.17) is 0 Å². The zero-order valence-corrected chi connectivity index (χ0v) is 11.4. The number of fused-ring (bicyclic) bond motifs is 1. The van der Waals surface area contributed by atoms with Gasteiger partial charge in [-0.05, 0) is 6.42 Å². The molecule has 3 heterocycles. The number of aryl methyl sites for hydroxylation is 1. The fourth-order valence-corrected chi connectivity index (χ4v) is 2.59. The minimum absolute atomic E-state index is 0.0535. The van der Waals surface area contributed by atoms with Crippen molar-refractivity contribution < 1.29 is 9.59 Å². The predicted molar refractivity (Wildman–Crippen MR) is 71.9 cm³/mol. The highest BCUT2D eigenvalue weighted by molar-refractivity contribution is 6.39. The molecule has 0 radical (unpaired) electrons. The van der Waals surface area contributed by atoms with Gasteiger partial charge in [-0.15, -0.1) is 0 Å². The van der Waals surface area contributed by atoms with Crippen LogP contribution in [0.5, 0.6) is 0 Å². The summed E-state index contributed by atoms with van der Waals surface area (Å²) in [4.78, 5) is 27.8. The number of rotatable bonds is 2. The van der Waals surface area contributed by atoms with Crippen LogP contribution in [0.25, 0.3) is 0 Å². The molecular formula is C13H17N5O2. The van der Waals surface area contributed by atoms with Crippen LogP contribution in [-0.4, -0.2) is 45.2 Å². The van der Waals surface area contributed by atoms with E-state index in [1.54, 1.807) is 13.2 Å². The van der Waals surface area contributed by atoms with E-state index in [2.05, 4.69) is 20.0 Å². The van der Waals surface area contributed by atoms with Crippen molar-refractivity contribution in [2.24, 2.45) is 5.10 Å². The van der Waals surface area contributed by atoms with Crippen LogP contribution in [0.15, 0.2) is 17.5 Å². The molecule has 0 bridgehead atoms. The van der Waals surface area contributed by atoms with Crippen LogP contribution in [0.1, 0.15) is 25.1 Å². The fraction of sp³-hybridized carbons (Fsp3) is 0.538. The number of hydrogen-bond acceptors (Lipinski definition) is 4. The van der Waals surface area contributed by atoms with Crippen molar-refractivity contribution in [3.63, 3.8) is 0 Å². The number of aromatic nitrogens is 2. The number of imidazole rings is 1. The summed E-state index contributed by atoms with van der Waals surface area (Å²) in [6.45, 7) is 0.739. The molecule has 20 heavy (non-hydrogen) atoms. The summed E-state index contributed by atoms with van der Waals surface area (Å²) < 4.78 is 2.06. The molecule has 0 spiro atoms. The summed E-state index contributed by atoms with van der Waals surface area (Å²) in [6, 6.07) is 0.0924. The van der Waals surface area contributed by atoms with Crippen LogP contribution in [0, 0.1) is 0 Å². The first-order valence-corrected chi connectivity index (χ1v) is 6.78. The summed E-state index contributed by atoms with van der Waals surface area (Å²) in [6.07, 6.45) is 6.22. The Balaban J connectivity index is 1.63. The molecule has 1 N–H and O–H groups in total. The number of amides is 2. The minimum Gasteiger partial charge on any atom is -0.346 e. The lowest BCUT2D eigenvalue weighted by molar-refractivity contribution is -0.130. The Morgan fingerprint density at radius 3 is 3.05 bits per heavy atom. The van der Waals surface area contributed by atoms with Gasteiger partial charge >= 0.3 is 0 Å². The van der Waals surface area contributed by atoms with Crippen molar-refractivity contribution in [2.45, 2.75) is 38.3 Å². The molecule has 0 fully saturated rings. The zero-order valence-electron chi connectivity index (χ0n) is 11.4. The SMILES string of the molecule is CN1N=C(C(=O)N[C@@H]2CCc3nccn3C2)CCC1=O. The Hall–Kier alpha value is -2.18. The van der Waals surface area contributed by atoms with E-state index in [0.717, 1.165) is 25.2 Å². The topological polar surface area (TPSA) is 79.6 Å². The largest absolute Gasteiger partial charge is 0.346 e. The number of hydrazone groups is 1. The number of carbonyl (C=O) groups excluding carboxylic acids is 2. The highest BCUT2D eigenvalue weighted by Crippen LogP contribution is 2.14. The first-order valence-electron chi connectivity index (χ1n) is 6.78. The van der Waals surface area contributed by atoms with Crippen molar-refractivity contribution >= 4 is 17.5 Å². The van der Waals surface area contributed by atoms with E-state index in [1.807, 2.05) is 6.20 Å². The summed E-state index contributed by atoms with van der Waals surface area (Å²) in [7, 11) is 1.58. The molecule has 7 nitrogen and oxygen atoms in total. The Morgan fingerprint density at radius 1 is 1.40 bits per heavy atom. The maximum Gasteiger partial charge on any atom is 0.267 e. The molecule has 106 valence electrons. The smallest absolute Gasteiger partial charge is 0.267 e. The molecule has 0 saturated carbocycles. The van der Waals surface area contributed by atoms with Gasteiger partial charge in [0, 0.05) is 51.3 Å². The van der Waals surface area contributed by atoms with E-state index in [1.165, 1.54) is 5.01 Å². The minimum atomic E-state index is -0.169. The highest BCUT2D eigenvalue weighted by Gasteiger charge is 2.25. The predicted octanol–water partition coefficient (Wildman–Crippen LogP) is -0.0777. The second-order valence-corrected chi connectivity index (χ2v) is 5.17. The zero-order chi connectivity index (χ0) is 14.1. The molecule has 0 aliphatic carbocycles. The second-order valence-electron chi connectivity index (χ2n) is 5.17. The maximum absolute atomic E-state index is 12.2.